The Morgan fingerprint density at radius 1 is 1.08 bits per heavy atom. The third-order valence-electron chi connectivity index (χ3n) is 4.82. The van der Waals surface area contributed by atoms with Gasteiger partial charge in [0, 0.05) is 38.4 Å². The Balaban J connectivity index is 1.66. The second kappa shape index (κ2) is 7.70. The number of nitrogens with one attached hydrogen (secondary N) is 1. The van der Waals surface area contributed by atoms with Gasteiger partial charge in [-0.2, -0.15) is 0 Å². The van der Waals surface area contributed by atoms with Crippen molar-refractivity contribution in [3.63, 3.8) is 0 Å². The van der Waals surface area contributed by atoms with Gasteiger partial charge in [0.05, 0.1) is 6.54 Å². The minimum Gasteiger partial charge on any atom is -0.345 e. The predicted octanol–water partition coefficient (Wildman–Crippen LogP) is 2.69. The number of hydrogen-bond donors (Lipinski definition) is 1. The quantitative estimate of drug-likeness (QED) is 0.921. The Hall–Kier alpha value is -2.66. The third kappa shape index (κ3) is 3.94. The number of hydrogen-bond acceptors (Lipinski definition) is 3. The van der Waals surface area contributed by atoms with E-state index in [4.69, 9.17) is 0 Å². The highest BCUT2D eigenvalue weighted by atomic mass is 16.2. The lowest BCUT2D eigenvalue weighted by Gasteiger charge is -2.28. The van der Waals surface area contributed by atoms with Crippen LogP contribution in [0.1, 0.15) is 27.0 Å². The maximum atomic E-state index is 12.5. The highest BCUT2D eigenvalue weighted by Crippen LogP contribution is 2.21. The van der Waals surface area contributed by atoms with Crippen LogP contribution in [0.15, 0.2) is 42.5 Å². The molecule has 5 nitrogen and oxygen atoms in total. The van der Waals surface area contributed by atoms with Gasteiger partial charge in [-0.15, -0.1) is 0 Å². The molecule has 0 radical (unpaired) electrons. The van der Waals surface area contributed by atoms with Crippen molar-refractivity contribution in [2.24, 2.45) is 0 Å². The zero-order valence-electron chi connectivity index (χ0n) is 15.6. The Bertz CT molecular complexity index is 830. The average molecular weight is 351 g/mol. The standard InChI is InChI=1S/C21H25N3O2/c1-15-18(21(26)23(2)3)9-6-10-19(15)22-20(25)14-24-12-11-16-7-4-5-8-17(16)13-24/h4-10H,11-14H2,1-3H3,(H,22,25). The van der Waals surface area contributed by atoms with Gasteiger partial charge in [0.1, 0.15) is 0 Å². The predicted molar refractivity (Wildman–Crippen MR) is 103 cm³/mol. The summed E-state index contributed by atoms with van der Waals surface area (Å²) in [7, 11) is 3.45. The summed E-state index contributed by atoms with van der Waals surface area (Å²) in [4.78, 5) is 28.4. The van der Waals surface area contributed by atoms with Crippen molar-refractivity contribution in [1.29, 1.82) is 0 Å². The van der Waals surface area contributed by atoms with Gasteiger partial charge in [-0.05, 0) is 42.2 Å². The number of carbonyl (C=O) groups excluding carboxylic acids is 2. The van der Waals surface area contributed by atoms with Gasteiger partial charge in [0.25, 0.3) is 5.91 Å². The van der Waals surface area contributed by atoms with Gasteiger partial charge in [-0.25, -0.2) is 0 Å². The molecule has 1 N–H and O–H groups in total. The summed E-state index contributed by atoms with van der Waals surface area (Å²) < 4.78 is 0. The van der Waals surface area contributed by atoms with Crippen molar-refractivity contribution in [2.75, 3.05) is 32.5 Å². The molecule has 1 aliphatic heterocycles. The number of fused-ring (bicyclic) bond motifs is 1. The van der Waals surface area contributed by atoms with E-state index in [2.05, 4.69) is 28.4 Å². The van der Waals surface area contributed by atoms with E-state index in [1.165, 1.54) is 11.1 Å². The molecule has 0 bridgehead atoms. The molecule has 3 rings (SSSR count). The maximum absolute atomic E-state index is 12.5. The van der Waals surface area contributed by atoms with Crippen LogP contribution in [0.3, 0.4) is 0 Å². The Kier molecular flexibility index (Phi) is 5.38. The topological polar surface area (TPSA) is 52.7 Å². The molecule has 5 heteroatoms. The summed E-state index contributed by atoms with van der Waals surface area (Å²) in [6.45, 7) is 3.88. The number of benzene rings is 2. The Morgan fingerprint density at radius 3 is 2.54 bits per heavy atom. The van der Waals surface area contributed by atoms with Crippen LogP contribution < -0.4 is 5.32 Å². The van der Waals surface area contributed by atoms with Crippen LogP contribution in [0.2, 0.25) is 0 Å². The normalized spacial score (nSPS) is 13.8. The molecule has 0 aliphatic carbocycles. The van der Waals surface area contributed by atoms with E-state index in [9.17, 15) is 9.59 Å². The molecule has 0 fully saturated rings. The van der Waals surface area contributed by atoms with Gasteiger partial charge in [0.15, 0.2) is 0 Å². The van der Waals surface area contributed by atoms with Crippen molar-refractivity contribution in [3.05, 3.63) is 64.7 Å². The first-order valence-electron chi connectivity index (χ1n) is 8.86. The first-order valence-corrected chi connectivity index (χ1v) is 8.86. The van der Waals surface area contributed by atoms with Gasteiger partial charge in [-0.1, -0.05) is 30.3 Å². The molecular formula is C21H25N3O2. The SMILES string of the molecule is Cc1c(NC(=O)CN2CCc3ccccc3C2)cccc1C(=O)N(C)C. The lowest BCUT2D eigenvalue weighted by atomic mass is 10.00. The molecule has 2 aromatic carbocycles. The third-order valence-corrected chi connectivity index (χ3v) is 4.82. The first kappa shape index (κ1) is 18.1. The van der Waals surface area contributed by atoms with E-state index < -0.39 is 0 Å². The molecule has 2 aromatic rings. The fourth-order valence-electron chi connectivity index (χ4n) is 3.33. The smallest absolute Gasteiger partial charge is 0.253 e. The van der Waals surface area contributed by atoms with Gasteiger partial charge in [0.2, 0.25) is 5.91 Å². The summed E-state index contributed by atoms with van der Waals surface area (Å²) in [5, 5.41) is 2.96. The molecule has 0 spiro atoms. The second-order valence-corrected chi connectivity index (χ2v) is 6.96. The largest absolute Gasteiger partial charge is 0.345 e. The van der Waals surface area contributed by atoms with E-state index in [0.29, 0.717) is 17.8 Å². The van der Waals surface area contributed by atoms with Crippen LogP contribution in [0.4, 0.5) is 5.69 Å². The highest BCUT2D eigenvalue weighted by Gasteiger charge is 2.19. The van der Waals surface area contributed by atoms with Gasteiger partial charge >= 0.3 is 0 Å². The molecule has 0 atom stereocenters. The molecule has 2 amide bonds. The summed E-state index contributed by atoms with van der Waals surface area (Å²) in [5.74, 6) is -0.117. The van der Waals surface area contributed by atoms with Gasteiger partial charge in [-0.3, -0.25) is 14.5 Å². The van der Waals surface area contributed by atoms with E-state index in [-0.39, 0.29) is 11.8 Å². The number of nitrogens with zero attached hydrogens (tertiary/aromatic N) is 2. The first-order chi connectivity index (χ1) is 12.5. The Morgan fingerprint density at radius 2 is 1.81 bits per heavy atom. The zero-order valence-corrected chi connectivity index (χ0v) is 15.6. The minimum atomic E-state index is -0.0637. The van der Waals surface area contributed by atoms with Crippen LogP contribution in [0, 0.1) is 6.92 Å². The fraction of sp³-hybridized carbons (Fsp3) is 0.333. The molecule has 1 heterocycles. The number of carbonyl (C=O) groups is 2. The van der Waals surface area contributed by atoms with Crippen LogP contribution in [0.5, 0.6) is 0 Å². The number of amides is 2. The lowest BCUT2D eigenvalue weighted by Crippen LogP contribution is -2.37. The van der Waals surface area contributed by atoms with Gasteiger partial charge < -0.3 is 10.2 Å². The molecule has 1 aliphatic rings. The molecular weight excluding hydrogens is 326 g/mol. The van der Waals surface area contributed by atoms with Crippen LogP contribution in [0.25, 0.3) is 0 Å². The van der Waals surface area contributed by atoms with Crippen LogP contribution in [-0.4, -0.2) is 48.8 Å². The fourth-order valence-corrected chi connectivity index (χ4v) is 3.33. The van der Waals surface area contributed by atoms with Crippen molar-refractivity contribution < 1.29 is 9.59 Å². The lowest BCUT2D eigenvalue weighted by molar-refractivity contribution is -0.117. The number of anilines is 1. The van der Waals surface area contributed by atoms with E-state index >= 15 is 0 Å². The second-order valence-electron chi connectivity index (χ2n) is 6.96. The number of rotatable bonds is 4. The monoisotopic (exact) mass is 351 g/mol. The molecule has 0 saturated carbocycles. The van der Waals surface area contributed by atoms with Crippen LogP contribution in [-0.2, 0) is 17.8 Å². The summed E-state index contributed by atoms with van der Waals surface area (Å²) in [6.07, 6.45) is 0.968. The average Bonchev–Trinajstić information content (AvgIpc) is 2.62. The van der Waals surface area contributed by atoms with Crippen LogP contribution >= 0.6 is 0 Å². The van der Waals surface area contributed by atoms with Crippen molar-refractivity contribution in [2.45, 2.75) is 19.9 Å². The minimum absolute atomic E-state index is 0.0538. The highest BCUT2D eigenvalue weighted by molar-refractivity contribution is 5.99. The van der Waals surface area contributed by atoms with E-state index in [1.807, 2.05) is 19.1 Å². The van der Waals surface area contributed by atoms with Crippen molar-refractivity contribution >= 4 is 17.5 Å². The van der Waals surface area contributed by atoms with E-state index in [1.54, 1.807) is 31.1 Å². The molecule has 0 saturated heterocycles. The molecule has 0 unspecified atom stereocenters. The Labute approximate surface area is 154 Å². The maximum Gasteiger partial charge on any atom is 0.253 e. The zero-order chi connectivity index (χ0) is 18.7. The summed E-state index contributed by atoms with van der Waals surface area (Å²) in [5.41, 5.74) is 4.76. The summed E-state index contributed by atoms with van der Waals surface area (Å²) >= 11 is 0. The van der Waals surface area contributed by atoms with Crippen molar-refractivity contribution in [1.82, 2.24) is 9.80 Å². The summed E-state index contributed by atoms with van der Waals surface area (Å²) in [6, 6.07) is 13.8. The molecule has 0 aromatic heterocycles. The molecule has 136 valence electrons. The van der Waals surface area contributed by atoms with Crippen molar-refractivity contribution in [3.8, 4) is 0 Å². The van der Waals surface area contributed by atoms with E-state index in [0.717, 1.165) is 25.1 Å². The molecule has 26 heavy (non-hydrogen) atoms.